The number of benzene rings is 2. The summed E-state index contributed by atoms with van der Waals surface area (Å²) in [7, 11) is 0. The minimum Gasteiger partial charge on any atom is -0.452 e. The van der Waals surface area contributed by atoms with E-state index < -0.39 is 24.0 Å². The smallest absolute Gasteiger partial charge is 0.338 e. The number of hydrogen-bond acceptors (Lipinski definition) is 4. The van der Waals surface area contributed by atoms with Crippen molar-refractivity contribution in [3.8, 4) is 0 Å². The lowest BCUT2D eigenvalue weighted by Gasteiger charge is -2.41. The second-order valence-corrected chi connectivity index (χ2v) is 6.89. The molecule has 0 unspecified atom stereocenters. The Hall–Kier alpha value is -3.15. The molecule has 6 nitrogen and oxygen atoms in total. The molecule has 0 atom stereocenters. The summed E-state index contributed by atoms with van der Waals surface area (Å²) in [5.41, 5.74) is 1.53. The summed E-state index contributed by atoms with van der Waals surface area (Å²) in [6, 6.07) is 14.1. The Morgan fingerprint density at radius 2 is 1.74 bits per heavy atom. The quantitative estimate of drug-likeness (QED) is 0.844. The summed E-state index contributed by atoms with van der Waals surface area (Å²) in [4.78, 5) is 38.8. The van der Waals surface area contributed by atoms with Crippen LogP contribution in [0.2, 0.25) is 0 Å². The zero-order chi connectivity index (χ0) is 19.6. The molecule has 2 aromatic rings. The average molecular weight is 366 g/mol. The first-order valence-corrected chi connectivity index (χ1v) is 8.84. The monoisotopic (exact) mass is 366 g/mol. The molecule has 140 valence electrons. The lowest BCUT2D eigenvalue weighted by atomic mass is 9.96. The fourth-order valence-electron chi connectivity index (χ4n) is 3.05. The number of nitrogens with zero attached hydrogens (tertiary/aromatic N) is 1. The molecule has 0 saturated carbocycles. The number of ether oxygens (including phenoxy) is 1. The SMILES string of the molecule is CCc1ccc(C(=O)OCC(=O)N2c3ccccc3NC(=O)C2(C)C)cc1. The molecule has 0 saturated heterocycles. The number of hydrogen-bond donors (Lipinski definition) is 1. The van der Waals surface area contributed by atoms with Gasteiger partial charge in [-0.15, -0.1) is 0 Å². The van der Waals surface area contributed by atoms with E-state index in [0.717, 1.165) is 12.0 Å². The number of esters is 1. The summed E-state index contributed by atoms with van der Waals surface area (Å²) in [5.74, 6) is -1.32. The normalized spacial score (nSPS) is 14.9. The molecule has 2 aromatic carbocycles. The Bertz CT molecular complexity index is 887. The van der Waals surface area contributed by atoms with Gasteiger partial charge in [0.2, 0.25) is 5.91 Å². The van der Waals surface area contributed by atoms with E-state index in [1.54, 1.807) is 50.2 Å². The Morgan fingerprint density at radius 3 is 2.41 bits per heavy atom. The van der Waals surface area contributed by atoms with Gasteiger partial charge in [0.25, 0.3) is 5.91 Å². The number of nitrogens with one attached hydrogen (secondary N) is 1. The second kappa shape index (κ2) is 7.23. The molecule has 0 spiro atoms. The predicted molar refractivity (Wildman–Crippen MR) is 103 cm³/mol. The lowest BCUT2D eigenvalue weighted by Crippen LogP contribution is -2.59. The van der Waals surface area contributed by atoms with Gasteiger partial charge < -0.3 is 10.1 Å². The molecule has 0 aliphatic carbocycles. The maximum atomic E-state index is 12.8. The van der Waals surface area contributed by atoms with Gasteiger partial charge in [0.05, 0.1) is 16.9 Å². The highest BCUT2D eigenvalue weighted by Crippen LogP contribution is 2.36. The molecule has 0 aromatic heterocycles. The maximum Gasteiger partial charge on any atom is 0.338 e. The van der Waals surface area contributed by atoms with Crippen molar-refractivity contribution in [3.63, 3.8) is 0 Å². The molecule has 3 rings (SSSR count). The second-order valence-electron chi connectivity index (χ2n) is 6.89. The summed E-state index contributed by atoms with van der Waals surface area (Å²) in [6.07, 6.45) is 0.874. The molecule has 27 heavy (non-hydrogen) atoms. The van der Waals surface area contributed by atoms with Crippen LogP contribution < -0.4 is 10.2 Å². The third kappa shape index (κ3) is 3.56. The van der Waals surface area contributed by atoms with Crippen LogP contribution in [-0.4, -0.2) is 29.9 Å². The highest BCUT2D eigenvalue weighted by atomic mass is 16.5. The van der Waals surface area contributed by atoms with Crippen LogP contribution >= 0.6 is 0 Å². The van der Waals surface area contributed by atoms with Gasteiger partial charge in [0.15, 0.2) is 6.61 Å². The molecular weight excluding hydrogens is 344 g/mol. The molecule has 0 fully saturated rings. The summed E-state index contributed by atoms with van der Waals surface area (Å²) in [6.45, 7) is 4.89. The van der Waals surface area contributed by atoms with Crippen LogP contribution in [0.4, 0.5) is 11.4 Å². The van der Waals surface area contributed by atoms with Crippen LogP contribution in [0.5, 0.6) is 0 Å². The van der Waals surface area contributed by atoms with Crippen molar-refractivity contribution in [2.45, 2.75) is 32.7 Å². The van der Waals surface area contributed by atoms with Crippen LogP contribution in [0, 0.1) is 0 Å². The van der Waals surface area contributed by atoms with E-state index in [1.807, 2.05) is 19.1 Å². The van der Waals surface area contributed by atoms with Crippen molar-refractivity contribution in [2.24, 2.45) is 0 Å². The van der Waals surface area contributed by atoms with Crippen molar-refractivity contribution >= 4 is 29.2 Å². The van der Waals surface area contributed by atoms with E-state index in [9.17, 15) is 14.4 Å². The van der Waals surface area contributed by atoms with Gasteiger partial charge in [-0.05, 0) is 50.1 Å². The minimum atomic E-state index is -1.10. The molecule has 1 heterocycles. The molecule has 1 aliphatic rings. The molecule has 0 bridgehead atoms. The predicted octanol–water partition coefficient (Wildman–Crippen LogP) is 3.17. The third-order valence-corrected chi connectivity index (χ3v) is 4.68. The molecule has 6 heteroatoms. The van der Waals surface area contributed by atoms with Crippen molar-refractivity contribution in [2.75, 3.05) is 16.8 Å². The van der Waals surface area contributed by atoms with E-state index in [1.165, 1.54) is 4.90 Å². The van der Waals surface area contributed by atoms with Crippen LogP contribution in [0.15, 0.2) is 48.5 Å². The maximum absolute atomic E-state index is 12.8. The van der Waals surface area contributed by atoms with E-state index >= 15 is 0 Å². The van der Waals surface area contributed by atoms with Gasteiger partial charge in [-0.2, -0.15) is 0 Å². The van der Waals surface area contributed by atoms with E-state index in [-0.39, 0.29) is 5.91 Å². The Kier molecular flexibility index (Phi) is 4.99. The highest BCUT2D eigenvalue weighted by molar-refractivity contribution is 6.14. The third-order valence-electron chi connectivity index (χ3n) is 4.68. The Balaban J connectivity index is 1.76. The standard InChI is InChI=1S/C21H22N2O4/c1-4-14-9-11-15(12-10-14)19(25)27-13-18(24)23-17-8-6-5-7-16(17)22-20(26)21(23,2)3/h5-12H,4,13H2,1-3H3,(H,22,26). The number of rotatable bonds is 4. The van der Waals surface area contributed by atoms with Crippen molar-refractivity contribution < 1.29 is 19.1 Å². The van der Waals surface area contributed by atoms with Crippen LogP contribution in [-0.2, 0) is 20.7 Å². The first-order valence-electron chi connectivity index (χ1n) is 8.84. The molecular formula is C21H22N2O4. The fourth-order valence-corrected chi connectivity index (χ4v) is 3.05. The van der Waals surface area contributed by atoms with Gasteiger partial charge in [-0.3, -0.25) is 14.5 Å². The first kappa shape index (κ1) is 18.6. The number of amides is 2. The summed E-state index contributed by atoms with van der Waals surface area (Å²) in [5, 5.41) is 2.80. The van der Waals surface area contributed by atoms with Crippen molar-refractivity contribution in [1.29, 1.82) is 0 Å². The van der Waals surface area contributed by atoms with Gasteiger partial charge in [-0.25, -0.2) is 4.79 Å². The summed E-state index contributed by atoms with van der Waals surface area (Å²) >= 11 is 0. The van der Waals surface area contributed by atoms with Gasteiger partial charge in [0.1, 0.15) is 5.54 Å². The number of para-hydroxylation sites is 2. The Labute approximate surface area is 158 Å². The largest absolute Gasteiger partial charge is 0.452 e. The number of anilines is 2. The lowest BCUT2D eigenvalue weighted by molar-refractivity contribution is -0.128. The Morgan fingerprint density at radius 1 is 1.07 bits per heavy atom. The fraction of sp³-hybridized carbons (Fsp3) is 0.286. The van der Waals surface area contributed by atoms with E-state index in [2.05, 4.69) is 5.32 Å². The zero-order valence-electron chi connectivity index (χ0n) is 15.6. The van der Waals surface area contributed by atoms with E-state index in [0.29, 0.717) is 16.9 Å². The number of fused-ring (bicyclic) bond motifs is 1. The van der Waals surface area contributed by atoms with Crippen molar-refractivity contribution in [1.82, 2.24) is 0 Å². The number of carbonyl (C=O) groups is 3. The van der Waals surface area contributed by atoms with Crippen LogP contribution in [0.25, 0.3) is 0 Å². The van der Waals surface area contributed by atoms with Crippen molar-refractivity contribution in [3.05, 3.63) is 59.7 Å². The topological polar surface area (TPSA) is 75.7 Å². The number of carbonyl (C=O) groups excluding carboxylic acids is 3. The van der Waals surface area contributed by atoms with Gasteiger partial charge >= 0.3 is 5.97 Å². The summed E-state index contributed by atoms with van der Waals surface area (Å²) < 4.78 is 5.20. The molecule has 1 aliphatic heterocycles. The molecule has 2 amide bonds. The zero-order valence-corrected chi connectivity index (χ0v) is 15.6. The minimum absolute atomic E-state index is 0.295. The highest BCUT2D eigenvalue weighted by Gasteiger charge is 2.43. The van der Waals surface area contributed by atoms with Crippen LogP contribution in [0.3, 0.4) is 0 Å². The molecule has 0 radical (unpaired) electrons. The average Bonchev–Trinajstić information content (AvgIpc) is 2.66. The van der Waals surface area contributed by atoms with Gasteiger partial charge in [0, 0.05) is 0 Å². The van der Waals surface area contributed by atoms with Gasteiger partial charge in [-0.1, -0.05) is 31.2 Å². The van der Waals surface area contributed by atoms with Crippen LogP contribution in [0.1, 0.15) is 36.7 Å². The number of aryl methyl sites for hydroxylation is 1. The van der Waals surface area contributed by atoms with E-state index in [4.69, 9.17) is 4.74 Å². The first-order chi connectivity index (χ1) is 12.8. The molecule has 1 N–H and O–H groups in total.